The molecule has 8 bridgehead atoms. The van der Waals surface area contributed by atoms with E-state index in [0.29, 0.717) is 0 Å². The van der Waals surface area contributed by atoms with Crippen molar-refractivity contribution < 1.29 is 0 Å². The summed E-state index contributed by atoms with van der Waals surface area (Å²) >= 11 is 0. The van der Waals surface area contributed by atoms with E-state index in [-0.39, 0.29) is 0 Å². The van der Waals surface area contributed by atoms with Crippen LogP contribution in [0, 0.1) is 46.8 Å². The summed E-state index contributed by atoms with van der Waals surface area (Å²) in [6.45, 7) is 2.69. The molecule has 0 aromatic heterocycles. The van der Waals surface area contributed by atoms with Gasteiger partial charge in [0.25, 0.3) is 0 Å². The first kappa shape index (κ1) is 8.14. The van der Waals surface area contributed by atoms with Gasteiger partial charge in [0.15, 0.2) is 0 Å². The predicted octanol–water partition coefficient (Wildman–Crippen LogP) is 3.71. The van der Waals surface area contributed by atoms with Gasteiger partial charge in [0.1, 0.15) is 0 Å². The van der Waals surface area contributed by atoms with E-state index < -0.39 is 0 Å². The van der Waals surface area contributed by atoms with Crippen LogP contribution in [0.4, 0.5) is 0 Å². The summed E-state index contributed by atoms with van der Waals surface area (Å²) in [5.41, 5.74) is 0.823. The van der Waals surface area contributed by atoms with Gasteiger partial charge in [-0.15, -0.1) is 0 Å². The van der Waals surface area contributed by atoms with E-state index in [1.165, 1.54) is 35.5 Å². The fourth-order valence-corrected chi connectivity index (χ4v) is 7.43. The zero-order valence-electron chi connectivity index (χ0n) is 9.78. The van der Waals surface area contributed by atoms with Gasteiger partial charge in [-0.1, -0.05) is 6.92 Å². The molecule has 4 unspecified atom stereocenters. The van der Waals surface area contributed by atoms with Crippen molar-refractivity contribution in [2.45, 2.75) is 45.4 Å². The van der Waals surface area contributed by atoms with Crippen LogP contribution in [-0.4, -0.2) is 0 Å². The molecule has 7 saturated carbocycles. The minimum atomic E-state index is 0.823. The molecule has 0 nitrogen and oxygen atoms in total. The van der Waals surface area contributed by atoms with Crippen molar-refractivity contribution in [2.75, 3.05) is 0 Å². The highest BCUT2D eigenvalue weighted by Gasteiger charge is 2.67. The van der Waals surface area contributed by atoms with Crippen LogP contribution >= 0.6 is 0 Å². The first-order valence-electron chi connectivity index (χ1n) is 7.25. The number of hydrogen-bond acceptors (Lipinski definition) is 0. The van der Waals surface area contributed by atoms with Crippen LogP contribution in [0.5, 0.6) is 0 Å². The maximum atomic E-state index is 2.69. The topological polar surface area (TPSA) is 0 Å². The molecule has 7 aliphatic rings. The Hall–Kier alpha value is 0. The van der Waals surface area contributed by atoms with Crippen LogP contribution in [0.3, 0.4) is 0 Å². The van der Waals surface area contributed by atoms with Gasteiger partial charge in [-0.3, -0.25) is 0 Å². The average molecular weight is 202 g/mol. The van der Waals surface area contributed by atoms with E-state index in [2.05, 4.69) is 6.92 Å². The van der Waals surface area contributed by atoms with E-state index in [1.807, 2.05) is 0 Å². The summed E-state index contributed by atoms with van der Waals surface area (Å²) in [6, 6.07) is 0. The van der Waals surface area contributed by atoms with Crippen molar-refractivity contribution in [3.63, 3.8) is 0 Å². The van der Waals surface area contributed by atoms with Gasteiger partial charge in [-0.2, -0.15) is 0 Å². The minimum absolute atomic E-state index is 0.823. The summed E-state index contributed by atoms with van der Waals surface area (Å²) in [5.74, 6) is 8.27. The average Bonchev–Trinajstić information content (AvgIpc) is 2.24. The molecule has 0 aromatic carbocycles. The second-order valence-electron chi connectivity index (χ2n) is 7.83. The first-order valence-corrected chi connectivity index (χ1v) is 7.25. The van der Waals surface area contributed by atoms with Crippen molar-refractivity contribution in [3.8, 4) is 0 Å². The molecule has 8 atom stereocenters. The molecule has 0 amide bonds. The third kappa shape index (κ3) is 0.718. The molecule has 82 valence electrons. The Bertz CT molecular complexity index is 307. The van der Waals surface area contributed by atoms with E-state index in [9.17, 15) is 0 Å². The van der Waals surface area contributed by atoms with Gasteiger partial charge < -0.3 is 0 Å². The summed E-state index contributed by atoms with van der Waals surface area (Å²) < 4.78 is 0. The molecule has 0 saturated heterocycles. The van der Waals surface area contributed by atoms with Crippen LogP contribution < -0.4 is 0 Å². The maximum absolute atomic E-state index is 2.69. The smallest absolute Gasteiger partial charge is 0.0261 e. The highest BCUT2D eigenvalue weighted by molar-refractivity contribution is 5.16. The van der Waals surface area contributed by atoms with Crippen LogP contribution in [0.25, 0.3) is 0 Å². The fourth-order valence-electron chi connectivity index (χ4n) is 7.43. The second kappa shape index (κ2) is 2.17. The van der Waals surface area contributed by atoms with Gasteiger partial charge >= 0.3 is 0 Å². The molecule has 0 heteroatoms. The van der Waals surface area contributed by atoms with Gasteiger partial charge in [0.05, 0.1) is 0 Å². The first-order chi connectivity index (χ1) is 7.25. The molecule has 0 radical (unpaired) electrons. The van der Waals surface area contributed by atoms with E-state index in [4.69, 9.17) is 0 Å². The van der Waals surface area contributed by atoms with E-state index >= 15 is 0 Å². The third-order valence-corrected chi connectivity index (χ3v) is 7.55. The maximum Gasteiger partial charge on any atom is -0.0261 e. The SMILES string of the molecule is CC12CC3C[C@@H]4C5CC(C[C@@H]1[C@H]5C3)C[C@@H]42. The summed E-state index contributed by atoms with van der Waals surface area (Å²) in [7, 11) is 0. The van der Waals surface area contributed by atoms with E-state index in [1.54, 1.807) is 38.5 Å². The lowest BCUT2D eigenvalue weighted by molar-refractivity contribution is -0.248. The molecular weight excluding hydrogens is 180 g/mol. The standard InChI is InChI=1S/C15H22/c1-15-7-9-3-11-10-2-8(5-13(11)15)6-14(15)12(10)4-9/h8-14H,2-7H2,1H3/t8?,9?,10?,11-,12+,13+,14-,15?. The minimum Gasteiger partial charge on any atom is -0.0591 e. The van der Waals surface area contributed by atoms with Crippen molar-refractivity contribution >= 4 is 0 Å². The molecule has 0 aliphatic heterocycles. The molecule has 7 fully saturated rings. The van der Waals surface area contributed by atoms with E-state index in [0.717, 1.165) is 11.3 Å². The summed E-state index contributed by atoms with van der Waals surface area (Å²) in [6.07, 6.45) is 9.81. The van der Waals surface area contributed by atoms with Crippen LogP contribution in [0.2, 0.25) is 0 Å². The van der Waals surface area contributed by atoms with Crippen molar-refractivity contribution in [1.82, 2.24) is 0 Å². The summed E-state index contributed by atoms with van der Waals surface area (Å²) in [5, 5.41) is 0. The molecule has 15 heavy (non-hydrogen) atoms. The summed E-state index contributed by atoms with van der Waals surface area (Å²) in [4.78, 5) is 0. The third-order valence-electron chi connectivity index (χ3n) is 7.55. The Kier molecular flexibility index (Phi) is 1.18. The predicted molar refractivity (Wildman–Crippen MR) is 60.2 cm³/mol. The lowest BCUT2D eigenvalue weighted by Gasteiger charge is -2.74. The Morgan fingerprint density at radius 3 is 2.00 bits per heavy atom. The monoisotopic (exact) mass is 202 g/mol. The lowest BCUT2D eigenvalue weighted by atomic mass is 9.31. The van der Waals surface area contributed by atoms with Crippen LogP contribution in [0.15, 0.2) is 0 Å². The van der Waals surface area contributed by atoms with Crippen molar-refractivity contribution in [3.05, 3.63) is 0 Å². The van der Waals surface area contributed by atoms with Crippen LogP contribution in [-0.2, 0) is 0 Å². The zero-order chi connectivity index (χ0) is 9.78. The zero-order valence-corrected chi connectivity index (χ0v) is 9.78. The second-order valence-corrected chi connectivity index (χ2v) is 7.83. The molecule has 7 rings (SSSR count). The molecular formula is C15H22. The largest absolute Gasteiger partial charge is 0.0591 e. The normalized spacial score (nSPS) is 73.0. The van der Waals surface area contributed by atoms with Gasteiger partial charge in [0, 0.05) is 0 Å². The number of rotatable bonds is 0. The van der Waals surface area contributed by atoms with Gasteiger partial charge in [-0.05, 0) is 85.4 Å². The molecule has 0 N–H and O–H groups in total. The van der Waals surface area contributed by atoms with Gasteiger partial charge in [-0.25, -0.2) is 0 Å². The Morgan fingerprint density at radius 2 is 1.33 bits per heavy atom. The fraction of sp³-hybridized carbons (Fsp3) is 1.00. The van der Waals surface area contributed by atoms with Crippen molar-refractivity contribution in [1.29, 1.82) is 0 Å². The highest BCUT2D eigenvalue weighted by Crippen LogP contribution is 2.75. The van der Waals surface area contributed by atoms with Crippen molar-refractivity contribution in [2.24, 2.45) is 46.8 Å². The molecule has 0 aromatic rings. The molecule has 7 aliphatic carbocycles. The van der Waals surface area contributed by atoms with Crippen LogP contribution in [0.1, 0.15) is 45.4 Å². The molecule has 0 spiro atoms. The highest BCUT2D eigenvalue weighted by atomic mass is 14.7. The quantitative estimate of drug-likeness (QED) is 0.561. The Morgan fingerprint density at radius 1 is 0.733 bits per heavy atom. The van der Waals surface area contributed by atoms with Gasteiger partial charge in [0.2, 0.25) is 0 Å². The Balaban J connectivity index is 1.73. The number of hydrogen-bond donors (Lipinski definition) is 0. The Labute approximate surface area is 92.8 Å². The molecule has 0 heterocycles. The lowest BCUT2D eigenvalue weighted by Crippen LogP contribution is -2.66.